The monoisotopic (exact) mass is 962 g/mol. The van der Waals surface area contributed by atoms with Gasteiger partial charge in [-0.25, -0.2) is 0 Å². The minimum Gasteiger partial charge on any atom is -0.394 e. The van der Waals surface area contributed by atoms with E-state index >= 15 is 0 Å². The number of rotatable bonds is 46. The van der Waals surface area contributed by atoms with Gasteiger partial charge in [0.2, 0.25) is 5.91 Å². The molecule has 1 saturated heterocycles. The molecule has 11 nitrogen and oxygen atoms in total. The summed E-state index contributed by atoms with van der Waals surface area (Å²) < 4.78 is 11.1. The molecule has 0 radical (unpaired) electrons. The molecule has 1 heterocycles. The zero-order valence-corrected chi connectivity index (χ0v) is 43.1. The molecule has 0 aliphatic carbocycles. The van der Waals surface area contributed by atoms with Crippen LogP contribution in [0.5, 0.6) is 0 Å². The van der Waals surface area contributed by atoms with Crippen molar-refractivity contribution in [3.63, 3.8) is 0 Å². The lowest BCUT2D eigenvalue weighted by Gasteiger charge is -2.40. The van der Waals surface area contributed by atoms with E-state index in [4.69, 9.17) is 9.47 Å². The molecule has 0 aromatic rings. The van der Waals surface area contributed by atoms with Crippen LogP contribution in [0.2, 0.25) is 0 Å². The summed E-state index contributed by atoms with van der Waals surface area (Å²) in [4.78, 5) is 13.1. The van der Waals surface area contributed by atoms with Gasteiger partial charge < -0.3 is 50.5 Å². The van der Waals surface area contributed by atoms with Gasteiger partial charge in [-0.2, -0.15) is 0 Å². The van der Waals surface area contributed by atoms with Gasteiger partial charge in [0.1, 0.15) is 36.6 Å². The molecule has 9 atom stereocenters. The molecule has 0 aromatic carbocycles. The fourth-order valence-corrected chi connectivity index (χ4v) is 8.46. The van der Waals surface area contributed by atoms with E-state index in [9.17, 15) is 40.5 Å². The van der Waals surface area contributed by atoms with Gasteiger partial charge in [-0.3, -0.25) is 4.79 Å². The van der Waals surface area contributed by atoms with E-state index in [2.05, 4.69) is 79.9 Å². The number of hydrogen-bond donors (Lipinski definition) is 8. The molecular weight excluding hydrogens is 859 g/mol. The lowest BCUT2D eigenvalue weighted by molar-refractivity contribution is -0.303. The maximum absolute atomic E-state index is 13.1. The predicted molar refractivity (Wildman–Crippen MR) is 279 cm³/mol. The van der Waals surface area contributed by atoms with Crippen LogP contribution >= 0.6 is 0 Å². The summed E-state index contributed by atoms with van der Waals surface area (Å²) in [5.74, 6) is -0.718. The SMILES string of the molecule is CCCCC/C=C\C=C/CCCCCCCCCCCC(O)C(=O)NC(COC1OC(CO)C(O)C(O)C1O)C(O)C(O)CCC/C=C/CC/C=C/CC/C=C/CCCCCCCCCCCC. The van der Waals surface area contributed by atoms with E-state index in [-0.39, 0.29) is 12.8 Å². The molecule has 0 saturated carbocycles. The van der Waals surface area contributed by atoms with E-state index < -0.39 is 74.2 Å². The highest BCUT2D eigenvalue weighted by Crippen LogP contribution is 2.23. The standard InChI is InChI=1S/C57H103NO10/c1-3-5-7-9-11-13-15-17-19-21-23-24-25-26-27-29-30-32-34-36-38-40-42-44-49(60)52(62)48(47-67-57-55(65)54(64)53(63)51(46-59)68-57)58-56(66)50(61)45-43-41-39-37-35-33-31-28-22-20-18-16-14-12-10-8-6-4-2/h12,14,16,18,24-25,29-30,36,38,48-55,57,59-65H,3-11,13,15,17,19-23,26-28,31-35,37,39-47H2,1-2H3,(H,58,66)/b14-12-,18-16-,25-24+,30-29+,38-36+. The highest BCUT2D eigenvalue weighted by atomic mass is 16.7. The Labute approximate surface area is 414 Å². The Bertz CT molecular complexity index is 1290. The van der Waals surface area contributed by atoms with Crippen LogP contribution in [-0.2, 0) is 14.3 Å². The number of nitrogens with one attached hydrogen (secondary N) is 1. The molecule has 1 aliphatic heterocycles. The van der Waals surface area contributed by atoms with Crippen molar-refractivity contribution in [2.45, 2.75) is 281 Å². The number of allylic oxidation sites excluding steroid dienone is 10. The van der Waals surface area contributed by atoms with Gasteiger partial charge in [-0.15, -0.1) is 0 Å². The smallest absolute Gasteiger partial charge is 0.249 e. The maximum atomic E-state index is 13.1. The van der Waals surface area contributed by atoms with Gasteiger partial charge in [0, 0.05) is 0 Å². The number of hydrogen-bond acceptors (Lipinski definition) is 10. The Morgan fingerprint density at radius 2 is 0.926 bits per heavy atom. The average molecular weight is 962 g/mol. The third kappa shape index (κ3) is 34.2. The first kappa shape index (κ1) is 63.8. The summed E-state index contributed by atoms with van der Waals surface area (Å²) in [5.41, 5.74) is 0. The number of amides is 1. The van der Waals surface area contributed by atoms with Gasteiger partial charge in [0.05, 0.1) is 25.4 Å². The Hall–Kier alpha value is -2.19. The first-order valence-corrected chi connectivity index (χ1v) is 27.7. The topological polar surface area (TPSA) is 189 Å². The van der Waals surface area contributed by atoms with Crippen LogP contribution in [0, 0.1) is 0 Å². The van der Waals surface area contributed by atoms with Crippen LogP contribution in [0.4, 0.5) is 0 Å². The zero-order chi connectivity index (χ0) is 49.7. The number of aliphatic hydroxyl groups excluding tert-OH is 7. The summed E-state index contributed by atoms with van der Waals surface area (Å²) in [6, 6.07) is -1.20. The fraction of sp³-hybridized carbons (Fsp3) is 0.807. The zero-order valence-electron chi connectivity index (χ0n) is 43.1. The highest BCUT2D eigenvalue weighted by molar-refractivity contribution is 5.80. The molecule has 1 rings (SSSR count). The Morgan fingerprint density at radius 1 is 0.515 bits per heavy atom. The molecule has 68 heavy (non-hydrogen) atoms. The van der Waals surface area contributed by atoms with Crippen molar-refractivity contribution in [1.82, 2.24) is 5.32 Å². The lowest BCUT2D eigenvalue weighted by Crippen LogP contribution is -2.60. The van der Waals surface area contributed by atoms with E-state index in [0.29, 0.717) is 19.3 Å². The number of carbonyl (C=O) groups is 1. The first-order chi connectivity index (χ1) is 33.2. The van der Waals surface area contributed by atoms with Crippen molar-refractivity contribution in [1.29, 1.82) is 0 Å². The first-order valence-electron chi connectivity index (χ1n) is 27.7. The highest BCUT2D eigenvalue weighted by Gasteiger charge is 2.44. The maximum Gasteiger partial charge on any atom is 0.249 e. The van der Waals surface area contributed by atoms with E-state index in [1.807, 2.05) is 0 Å². The van der Waals surface area contributed by atoms with Crippen molar-refractivity contribution in [3.05, 3.63) is 60.8 Å². The van der Waals surface area contributed by atoms with E-state index in [0.717, 1.165) is 57.8 Å². The Kier molecular flexibility index (Phi) is 43.1. The van der Waals surface area contributed by atoms with Gasteiger partial charge in [0.15, 0.2) is 6.29 Å². The van der Waals surface area contributed by atoms with E-state index in [1.165, 1.54) is 122 Å². The number of ether oxygens (including phenoxy) is 2. The largest absolute Gasteiger partial charge is 0.394 e. The molecule has 0 aromatic heterocycles. The normalized spacial score (nSPS) is 21.0. The second kappa shape index (κ2) is 45.9. The second-order valence-electron chi connectivity index (χ2n) is 19.3. The van der Waals surface area contributed by atoms with Crippen molar-refractivity contribution < 1.29 is 50.0 Å². The van der Waals surface area contributed by atoms with Crippen LogP contribution in [0.25, 0.3) is 0 Å². The molecule has 396 valence electrons. The van der Waals surface area contributed by atoms with Crippen LogP contribution < -0.4 is 5.32 Å². The van der Waals surface area contributed by atoms with E-state index in [1.54, 1.807) is 0 Å². The molecule has 9 unspecified atom stereocenters. The lowest BCUT2D eigenvalue weighted by atomic mass is 9.98. The summed E-state index contributed by atoms with van der Waals surface area (Å²) >= 11 is 0. The average Bonchev–Trinajstić information content (AvgIpc) is 3.34. The molecule has 1 amide bonds. The minimum absolute atomic E-state index is 0.238. The summed E-state index contributed by atoms with van der Waals surface area (Å²) in [5, 5.41) is 76.0. The van der Waals surface area contributed by atoms with Gasteiger partial charge in [-0.1, -0.05) is 197 Å². The van der Waals surface area contributed by atoms with Crippen LogP contribution in [0.15, 0.2) is 60.8 Å². The van der Waals surface area contributed by atoms with Gasteiger partial charge >= 0.3 is 0 Å². The van der Waals surface area contributed by atoms with Crippen molar-refractivity contribution >= 4 is 5.91 Å². The van der Waals surface area contributed by atoms with Crippen molar-refractivity contribution in [2.24, 2.45) is 0 Å². The fourth-order valence-electron chi connectivity index (χ4n) is 8.46. The third-order valence-corrected chi connectivity index (χ3v) is 13.0. The van der Waals surface area contributed by atoms with Crippen LogP contribution in [0.3, 0.4) is 0 Å². The van der Waals surface area contributed by atoms with Crippen LogP contribution in [0.1, 0.15) is 226 Å². The number of aliphatic hydroxyl groups is 7. The van der Waals surface area contributed by atoms with Crippen molar-refractivity contribution in [3.8, 4) is 0 Å². The Morgan fingerprint density at radius 3 is 1.43 bits per heavy atom. The number of carbonyl (C=O) groups excluding carboxylic acids is 1. The summed E-state index contributed by atoms with van der Waals surface area (Å²) in [6.45, 7) is 3.40. The molecule has 0 spiro atoms. The molecule has 1 aliphatic rings. The molecule has 1 fully saturated rings. The number of unbranched alkanes of at least 4 members (excludes halogenated alkanes) is 25. The van der Waals surface area contributed by atoms with Crippen molar-refractivity contribution in [2.75, 3.05) is 13.2 Å². The van der Waals surface area contributed by atoms with Crippen LogP contribution in [-0.4, -0.2) is 110 Å². The second-order valence-corrected chi connectivity index (χ2v) is 19.3. The van der Waals surface area contributed by atoms with Gasteiger partial charge in [-0.05, 0) is 89.9 Å². The quantitative estimate of drug-likeness (QED) is 0.0166. The summed E-state index contributed by atoms with van der Waals surface area (Å²) in [7, 11) is 0. The Balaban J connectivity index is 2.40. The minimum atomic E-state index is -1.68. The predicted octanol–water partition coefficient (Wildman–Crippen LogP) is 11.1. The molecular formula is C57H103NO10. The molecule has 8 N–H and O–H groups in total. The summed E-state index contributed by atoms with van der Waals surface area (Å²) in [6.07, 6.45) is 46.9. The molecule has 0 bridgehead atoms. The molecule has 11 heteroatoms. The third-order valence-electron chi connectivity index (χ3n) is 13.0. The van der Waals surface area contributed by atoms with Gasteiger partial charge in [0.25, 0.3) is 0 Å².